The van der Waals surface area contributed by atoms with E-state index in [2.05, 4.69) is 4.98 Å². The Morgan fingerprint density at radius 3 is 2.75 bits per heavy atom. The highest BCUT2D eigenvalue weighted by Crippen LogP contribution is 2.34. The molecule has 0 fully saturated rings. The number of fused-ring (bicyclic) bond motifs is 1. The Labute approximate surface area is 115 Å². The number of aromatic amines is 1. The van der Waals surface area contributed by atoms with Gasteiger partial charge in [-0.05, 0) is 23.8 Å². The first kappa shape index (κ1) is 12.3. The number of hydrogen-bond acceptors (Lipinski definition) is 4. The molecule has 1 aliphatic rings. The molecular formula is C15H12N2O3. The minimum absolute atomic E-state index is 0.0991. The van der Waals surface area contributed by atoms with Crippen molar-refractivity contribution in [1.29, 1.82) is 5.26 Å². The van der Waals surface area contributed by atoms with E-state index in [0.29, 0.717) is 30.3 Å². The van der Waals surface area contributed by atoms with Gasteiger partial charge in [-0.25, -0.2) is 0 Å². The van der Waals surface area contributed by atoms with Gasteiger partial charge in [0, 0.05) is 18.2 Å². The molecule has 0 bridgehead atoms. The maximum Gasteiger partial charge on any atom is 0.266 e. The summed E-state index contributed by atoms with van der Waals surface area (Å²) < 4.78 is 11.2. The Balaban J connectivity index is 2.12. The Morgan fingerprint density at radius 1 is 1.15 bits per heavy atom. The van der Waals surface area contributed by atoms with Crippen LogP contribution in [0.2, 0.25) is 0 Å². The summed E-state index contributed by atoms with van der Waals surface area (Å²) in [6.45, 7) is 1.22. The summed E-state index contributed by atoms with van der Waals surface area (Å²) in [5.41, 5.74) is 1.06. The van der Waals surface area contributed by atoms with Crippen LogP contribution in [0.5, 0.6) is 11.5 Å². The van der Waals surface area contributed by atoms with Crippen LogP contribution < -0.4 is 15.0 Å². The maximum atomic E-state index is 11.7. The number of ether oxygens (including phenoxy) is 2. The topological polar surface area (TPSA) is 75.1 Å². The van der Waals surface area contributed by atoms with E-state index in [9.17, 15) is 4.79 Å². The summed E-state index contributed by atoms with van der Waals surface area (Å²) in [5, 5.41) is 9.12. The monoisotopic (exact) mass is 268 g/mol. The average molecular weight is 268 g/mol. The van der Waals surface area contributed by atoms with Gasteiger partial charge in [0.2, 0.25) is 0 Å². The smallest absolute Gasteiger partial charge is 0.266 e. The number of benzene rings is 1. The number of nitrogens with one attached hydrogen (secondary N) is 1. The van der Waals surface area contributed by atoms with Crippen molar-refractivity contribution < 1.29 is 9.47 Å². The predicted octanol–water partition coefficient (Wildman–Crippen LogP) is 2.07. The van der Waals surface area contributed by atoms with Crippen LogP contribution in [-0.4, -0.2) is 18.2 Å². The van der Waals surface area contributed by atoms with E-state index in [-0.39, 0.29) is 5.56 Å². The highest BCUT2D eigenvalue weighted by Gasteiger charge is 2.14. The van der Waals surface area contributed by atoms with Crippen LogP contribution in [0.3, 0.4) is 0 Å². The van der Waals surface area contributed by atoms with Gasteiger partial charge in [0.25, 0.3) is 5.56 Å². The zero-order chi connectivity index (χ0) is 13.9. The fourth-order valence-corrected chi connectivity index (χ4v) is 2.16. The largest absolute Gasteiger partial charge is 0.490 e. The first-order valence-corrected chi connectivity index (χ1v) is 6.31. The predicted molar refractivity (Wildman–Crippen MR) is 72.8 cm³/mol. The number of hydrogen-bond donors (Lipinski definition) is 1. The lowest BCUT2D eigenvalue weighted by molar-refractivity contribution is 0.297. The molecule has 0 saturated heterocycles. The molecule has 20 heavy (non-hydrogen) atoms. The van der Waals surface area contributed by atoms with Crippen molar-refractivity contribution in [3.05, 3.63) is 46.4 Å². The molecule has 3 rings (SSSR count). The Bertz CT molecular complexity index is 744. The van der Waals surface area contributed by atoms with E-state index in [0.717, 1.165) is 12.0 Å². The van der Waals surface area contributed by atoms with E-state index >= 15 is 0 Å². The van der Waals surface area contributed by atoms with Crippen LogP contribution in [0.4, 0.5) is 0 Å². The zero-order valence-electron chi connectivity index (χ0n) is 10.7. The highest BCUT2D eigenvalue weighted by atomic mass is 16.5. The van der Waals surface area contributed by atoms with Crippen LogP contribution >= 0.6 is 0 Å². The van der Waals surface area contributed by atoms with E-state index in [4.69, 9.17) is 14.7 Å². The van der Waals surface area contributed by atoms with Crippen LogP contribution in [0.1, 0.15) is 12.0 Å². The van der Waals surface area contributed by atoms with E-state index in [1.54, 1.807) is 18.2 Å². The lowest BCUT2D eigenvalue weighted by Crippen LogP contribution is -2.10. The van der Waals surface area contributed by atoms with Gasteiger partial charge >= 0.3 is 0 Å². The van der Waals surface area contributed by atoms with Crippen molar-refractivity contribution in [3.63, 3.8) is 0 Å². The summed E-state index contributed by atoms with van der Waals surface area (Å²) in [5.74, 6) is 1.33. The molecule has 0 atom stereocenters. The van der Waals surface area contributed by atoms with E-state index < -0.39 is 5.56 Å². The standard InChI is InChI=1S/C15H12N2O3/c16-9-12-11(4-5-17-15(12)18)10-2-3-13-14(8-10)20-7-1-6-19-13/h2-5,8H,1,6-7H2,(H,17,18). The SMILES string of the molecule is N#Cc1c(-c2ccc3c(c2)OCCCO3)cc[nH]c1=O. The molecule has 0 spiro atoms. The molecule has 0 radical (unpaired) electrons. The van der Waals surface area contributed by atoms with Crippen molar-refractivity contribution in [3.8, 4) is 28.7 Å². The second kappa shape index (κ2) is 5.10. The minimum Gasteiger partial charge on any atom is -0.490 e. The molecule has 1 N–H and O–H groups in total. The van der Waals surface area contributed by atoms with Crippen LogP contribution in [0.15, 0.2) is 35.3 Å². The molecule has 1 aliphatic heterocycles. The van der Waals surface area contributed by atoms with Gasteiger partial charge in [0.1, 0.15) is 11.6 Å². The van der Waals surface area contributed by atoms with Gasteiger partial charge in [-0.2, -0.15) is 5.26 Å². The van der Waals surface area contributed by atoms with E-state index in [1.807, 2.05) is 12.1 Å². The third-order valence-corrected chi connectivity index (χ3v) is 3.13. The molecule has 5 nitrogen and oxygen atoms in total. The van der Waals surface area contributed by atoms with Crippen molar-refractivity contribution in [1.82, 2.24) is 4.98 Å². The first-order valence-electron chi connectivity index (χ1n) is 6.31. The zero-order valence-corrected chi connectivity index (χ0v) is 10.7. The molecule has 2 aromatic rings. The molecule has 100 valence electrons. The van der Waals surface area contributed by atoms with Crippen LogP contribution in [0, 0.1) is 11.3 Å². The number of nitrogens with zero attached hydrogens (tertiary/aromatic N) is 1. The quantitative estimate of drug-likeness (QED) is 0.859. The number of aromatic nitrogens is 1. The third-order valence-electron chi connectivity index (χ3n) is 3.13. The van der Waals surface area contributed by atoms with Crippen molar-refractivity contribution in [2.24, 2.45) is 0 Å². The molecule has 2 heterocycles. The van der Waals surface area contributed by atoms with Crippen molar-refractivity contribution in [2.45, 2.75) is 6.42 Å². The number of nitriles is 1. The number of H-pyrrole nitrogens is 1. The lowest BCUT2D eigenvalue weighted by atomic mass is 10.0. The van der Waals surface area contributed by atoms with Gasteiger partial charge in [-0.3, -0.25) is 4.79 Å². The van der Waals surface area contributed by atoms with Crippen molar-refractivity contribution in [2.75, 3.05) is 13.2 Å². The second-order valence-electron chi connectivity index (χ2n) is 4.42. The lowest BCUT2D eigenvalue weighted by Gasteiger charge is -2.10. The number of pyridine rings is 1. The average Bonchev–Trinajstić information content (AvgIpc) is 2.71. The molecule has 1 aromatic carbocycles. The van der Waals surface area contributed by atoms with Gasteiger partial charge in [0.15, 0.2) is 11.5 Å². The Morgan fingerprint density at radius 2 is 1.95 bits per heavy atom. The summed E-state index contributed by atoms with van der Waals surface area (Å²) in [6, 6.07) is 9.07. The molecule has 0 unspecified atom stereocenters. The van der Waals surface area contributed by atoms with E-state index in [1.165, 1.54) is 6.20 Å². The van der Waals surface area contributed by atoms with Crippen LogP contribution in [0.25, 0.3) is 11.1 Å². The molecule has 0 amide bonds. The van der Waals surface area contributed by atoms with Crippen molar-refractivity contribution >= 4 is 0 Å². The summed E-state index contributed by atoms with van der Waals surface area (Å²) in [7, 11) is 0. The fraction of sp³-hybridized carbons (Fsp3) is 0.200. The number of rotatable bonds is 1. The molecule has 0 saturated carbocycles. The maximum absolute atomic E-state index is 11.7. The summed E-state index contributed by atoms with van der Waals surface area (Å²) >= 11 is 0. The highest BCUT2D eigenvalue weighted by molar-refractivity contribution is 5.72. The Kier molecular flexibility index (Phi) is 3.13. The van der Waals surface area contributed by atoms with Gasteiger partial charge in [0.05, 0.1) is 13.2 Å². The fourth-order valence-electron chi connectivity index (χ4n) is 2.16. The minimum atomic E-state index is -0.392. The summed E-state index contributed by atoms with van der Waals surface area (Å²) in [4.78, 5) is 14.2. The third kappa shape index (κ3) is 2.12. The molecule has 5 heteroatoms. The molecular weight excluding hydrogens is 256 g/mol. The second-order valence-corrected chi connectivity index (χ2v) is 4.42. The van der Waals surface area contributed by atoms with Gasteiger partial charge in [-0.1, -0.05) is 6.07 Å². The van der Waals surface area contributed by atoms with Crippen LogP contribution in [-0.2, 0) is 0 Å². The normalized spacial score (nSPS) is 13.3. The summed E-state index contributed by atoms with van der Waals surface area (Å²) in [6.07, 6.45) is 2.36. The molecule has 0 aliphatic carbocycles. The first-order chi connectivity index (χ1) is 9.79. The van der Waals surface area contributed by atoms with Gasteiger partial charge in [-0.15, -0.1) is 0 Å². The van der Waals surface area contributed by atoms with Gasteiger partial charge < -0.3 is 14.5 Å². The molecule has 1 aromatic heterocycles. The Hall–Kier alpha value is -2.74.